The Labute approximate surface area is 101 Å². The number of carboxylic acid groups (broad SMARTS) is 1. The Hall–Kier alpha value is -1.56. The van der Waals surface area contributed by atoms with Crippen LogP contribution in [-0.2, 0) is 14.8 Å². The fraction of sp³-hybridized carbons (Fsp3) is 0.364. The van der Waals surface area contributed by atoms with Crippen LogP contribution in [0, 0.1) is 6.92 Å². The van der Waals surface area contributed by atoms with Crippen LogP contribution in [0.3, 0.4) is 0 Å². The molecule has 1 N–H and O–H groups in total. The van der Waals surface area contributed by atoms with Crippen LogP contribution in [0.25, 0.3) is 0 Å². The number of sulfonamides is 1. The van der Waals surface area contributed by atoms with Gasteiger partial charge >= 0.3 is 5.97 Å². The predicted molar refractivity (Wildman–Crippen MR) is 65.6 cm³/mol. The zero-order valence-electron chi connectivity index (χ0n) is 9.75. The van der Waals surface area contributed by atoms with Crippen LogP contribution in [-0.4, -0.2) is 32.3 Å². The molecule has 0 atom stereocenters. The van der Waals surface area contributed by atoms with E-state index in [2.05, 4.69) is 0 Å². The molecule has 1 aromatic carbocycles. The zero-order chi connectivity index (χ0) is 13.1. The van der Waals surface area contributed by atoms with Crippen molar-refractivity contribution in [1.82, 2.24) is 0 Å². The monoisotopic (exact) mass is 257 g/mol. The average molecular weight is 257 g/mol. The smallest absolute Gasteiger partial charge is 0.305 e. The number of benzene rings is 1. The molecule has 5 nitrogen and oxygen atoms in total. The Balaban J connectivity index is 3.08. The Bertz CT molecular complexity index is 510. The summed E-state index contributed by atoms with van der Waals surface area (Å²) in [5.74, 6) is -1.02. The van der Waals surface area contributed by atoms with Crippen molar-refractivity contribution in [3.8, 4) is 0 Å². The Kier molecular flexibility index (Phi) is 4.11. The molecule has 17 heavy (non-hydrogen) atoms. The van der Waals surface area contributed by atoms with Crippen molar-refractivity contribution in [3.63, 3.8) is 0 Å². The van der Waals surface area contributed by atoms with E-state index in [1.54, 1.807) is 31.2 Å². The standard InChI is InChI=1S/C11H15NO4S/c1-9-5-3-4-6-10(9)12(17(2,15)16)8-7-11(13)14/h3-6H,7-8H2,1-2H3,(H,13,14). The second kappa shape index (κ2) is 5.18. The van der Waals surface area contributed by atoms with E-state index in [1.807, 2.05) is 0 Å². The molecule has 0 saturated heterocycles. The second-order valence-electron chi connectivity index (χ2n) is 3.77. The number of carboxylic acids is 1. The molecule has 0 saturated carbocycles. The Morgan fingerprint density at radius 2 is 1.94 bits per heavy atom. The van der Waals surface area contributed by atoms with Crippen LogP contribution >= 0.6 is 0 Å². The molecular weight excluding hydrogens is 242 g/mol. The number of anilines is 1. The molecule has 0 spiro atoms. The zero-order valence-corrected chi connectivity index (χ0v) is 10.6. The molecule has 0 amide bonds. The van der Waals surface area contributed by atoms with Gasteiger partial charge in [0.15, 0.2) is 0 Å². The molecule has 1 rings (SSSR count). The van der Waals surface area contributed by atoms with Gasteiger partial charge in [0.05, 0.1) is 18.4 Å². The number of hydrogen-bond donors (Lipinski definition) is 1. The van der Waals surface area contributed by atoms with Gasteiger partial charge in [-0.05, 0) is 18.6 Å². The Morgan fingerprint density at radius 3 is 2.41 bits per heavy atom. The Morgan fingerprint density at radius 1 is 1.35 bits per heavy atom. The van der Waals surface area contributed by atoms with Gasteiger partial charge in [-0.3, -0.25) is 9.10 Å². The van der Waals surface area contributed by atoms with Crippen LogP contribution < -0.4 is 4.31 Å². The fourth-order valence-electron chi connectivity index (χ4n) is 1.51. The van der Waals surface area contributed by atoms with E-state index in [9.17, 15) is 13.2 Å². The van der Waals surface area contributed by atoms with E-state index in [4.69, 9.17) is 5.11 Å². The van der Waals surface area contributed by atoms with E-state index in [1.165, 1.54) is 0 Å². The van der Waals surface area contributed by atoms with Gasteiger partial charge in [-0.15, -0.1) is 0 Å². The maximum Gasteiger partial charge on any atom is 0.305 e. The predicted octanol–water partition coefficient (Wildman–Crippen LogP) is 1.24. The third-order valence-corrected chi connectivity index (χ3v) is 3.49. The van der Waals surface area contributed by atoms with Crippen LogP contribution in [0.2, 0.25) is 0 Å². The van der Waals surface area contributed by atoms with Crippen molar-refractivity contribution in [2.24, 2.45) is 0 Å². The van der Waals surface area contributed by atoms with E-state index >= 15 is 0 Å². The van der Waals surface area contributed by atoms with Crippen molar-refractivity contribution < 1.29 is 18.3 Å². The summed E-state index contributed by atoms with van der Waals surface area (Å²) in [5, 5.41) is 8.62. The minimum absolute atomic E-state index is 0.0565. The van der Waals surface area contributed by atoms with Gasteiger partial charge in [-0.1, -0.05) is 18.2 Å². The molecule has 0 aromatic heterocycles. The summed E-state index contributed by atoms with van der Waals surface area (Å²) in [6.45, 7) is 1.73. The average Bonchev–Trinajstić information content (AvgIpc) is 2.18. The molecule has 0 fully saturated rings. The van der Waals surface area contributed by atoms with Gasteiger partial charge in [0, 0.05) is 6.54 Å². The summed E-state index contributed by atoms with van der Waals surface area (Å²) >= 11 is 0. The van der Waals surface area contributed by atoms with Crippen molar-refractivity contribution in [1.29, 1.82) is 0 Å². The molecule has 0 aliphatic rings. The van der Waals surface area contributed by atoms with Crippen LogP contribution in [0.1, 0.15) is 12.0 Å². The van der Waals surface area contributed by atoms with Gasteiger partial charge in [-0.2, -0.15) is 0 Å². The third kappa shape index (κ3) is 3.74. The van der Waals surface area contributed by atoms with Crippen molar-refractivity contribution in [2.75, 3.05) is 17.1 Å². The number of rotatable bonds is 5. The van der Waals surface area contributed by atoms with Crippen LogP contribution in [0.15, 0.2) is 24.3 Å². The highest BCUT2D eigenvalue weighted by molar-refractivity contribution is 7.92. The van der Waals surface area contributed by atoms with Gasteiger partial charge in [0.2, 0.25) is 10.0 Å². The van der Waals surface area contributed by atoms with E-state index in [0.717, 1.165) is 16.1 Å². The van der Waals surface area contributed by atoms with Gasteiger partial charge in [0.25, 0.3) is 0 Å². The SMILES string of the molecule is Cc1ccccc1N(CCC(=O)O)S(C)(=O)=O. The lowest BCUT2D eigenvalue weighted by atomic mass is 10.2. The summed E-state index contributed by atoms with van der Waals surface area (Å²) < 4.78 is 24.4. The fourth-order valence-corrected chi connectivity index (χ4v) is 2.49. The largest absolute Gasteiger partial charge is 0.481 e. The summed E-state index contributed by atoms with van der Waals surface area (Å²) in [4.78, 5) is 10.5. The molecular formula is C11H15NO4S. The molecule has 0 aliphatic carbocycles. The van der Waals surface area contributed by atoms with Crippen LogP contribution in [0.4, 0.5) is 5.69 Å². The maximum absolute atomic E-state index is 11.6. The molecule has 0 aliphatic heterocycles. The summed E-state index contributed by atoms with van der Waals surface area (Å²) in [6.07, 6.45) is 0.850. The first-order valence-corrected chi connectivity index (χ1v) is 6.92. The molecule has 6 heteroatoms. The van der Waals surface area contributed by atoms with Crippen molar-refractivity contribution in [3.05, 3.63) is 29.8 Å². The maximum atomic E-state index is 11.6. The number of carbonyl (C=O) groups is 1. The minimum Gasteiger partial charge on any atom is -0.481 e. The number of nitrogens with zero attached hydrogens (tertiary/aromatic N) is 1. The highest BCUT2D eigenvalue weighted by Crippen LogP contribution is 2.22. The van der Waals surface area contributed by atoms with Gasteiger partial charge in [0.1, 0.15) is 0 Å². The summed E-state index contributed by atoms with van der Waals surface area (Å²) in [5.41, 5.74) is 1.32. The van der Waals surface area contributed by atoms with E-state index < -0.39 is 16.0 Å². The molecule has 0 heterocycles. The first-order valence-electron chi connectivity index (χ1n) is 5.07. The molecule has 0 radical (unpaired) electrons. The lowest BCUT2D eigenvalue weighted by molar-refractivity contribution is -0.136. The normalized spacial score (nSPS) is 11.2. The topological polar surface area (TPSA) is 74.7 Å². The highest BCUT2D eigenvalue weighted by Gasteiger charge is 2.19. The van der Waals surface area contributed by atoms with Gasteiger partial charge in [-0.25, -0.2) is 8.42 Å². The highest BCUT2D eigenvalue weighted by atomic mass is 32.2. The number of hydrogen-bond acceptors (Lipinski definition) is 3. The molecule has 1 aromatic rings. The van der Waals surface area contributed by atoms with Crippen molar-refractivity contribution >= 4 is 21.7 Å². The quantitative estimate of drug-likeness (QED) is 0.861. The molecule has 0 bridgehead atoms. The number of para-hydroxylation sites is 1. The lowest BCUT2D eigenvalue weighted by Gasteiger charge is -2.23. The van der Waals surface area contributed by atoms with Gasteiger partial charge < -0.3 is 5.11 Å². The lowest BCUT2D eigenvalue weighted by Crippen LogP contribution is -2.32. The van der Waals surface area contributed by atoms with Crippen molar-refractivity contribution in [2.45, 2.75) is 13.3 Å². The van der Waals surface area contributed by atoms with Crippen LogP contribution in [0.5, 0.6) is 0 Å². The first kappa shape index (κ1) is 13.5. The van der Waals surface area contributed by atoms with E-state index in [0.29, 0.717) is 5.69 Å². The van der Waals surface area contributed by atoms with E-state index in [-0.39, 0.29) is 13.0 Å². The number of aryl methyl sites for hydroxylation is 1. The second-order valence-corrected chi connectivity index (χ2v) is 5.67. The third-order valence-electron chi connectivity index (χ3n) is 2.31. The number of aliphatic carboxylic acids is 1. The summed E-state index contributed by atoms with van der Waals surface area (Å²) in [6, 6.07) is 6.98. The summed E-state index contributed by atoms with van der Waals surface area (Å²) in [7, 11) is -3.47. The minimum atomic E-state index is -3.47. The molecule has 0 unspecified atom stereocenters. The molecule has 94 valence electrons. The first-order chi connectivity index (χ1) is 7.82.